The Kier molecular flexibility index (Phi) is 2.73. The van der Waals surface area contributed by atoms with Crippen LogP contribution in [0.5, 0.6) is 0 Å². The van der Waals surface area contributed by atoms with Gasteiger partial charge in [-0.15, -0.1) is 0 Å². The third kappa shape index (κ3) is 1.39. The van der Waals surface area contributed by atoms with Crippen molar-refractivity contribution >= 4 is 5.97 Å². The van der Waals surface area contributed by atoms with Crippen molar-refractivity contribution < 1.29 is 19.4 Å². The van der Waals surface area contributed by atoms with Crippen molar-refractivity contribution in [3.8, 4) is 0 Å². The van der Waals surface area contributed by atoms with Gasteiger partial charge in [0.25, 0.3) is 0 Å². The van der Waals surface area contributed by atoms with Gasteiger partial charge in [-0.05, 0) is 32.1 Å². The fourth-order valence-corrected chi connectivity index (χ4v) is 3.30. The molecule has 15 heavy (non-hydrogen) atoms. The summed E-state index contributed by atoms with van der Waals surface area (Å²) in [6.07, 6.45) is 4.16. The van der Waals surface area contributed by atoms with Crippen LogP contribution in [0.2, 0.25) is 0 Å². The van der Waals surface area contributed by atoms with Crippen molar-refractivity contribution in [1.82, 2.24) is 0 Å². The van der Waals surface area contributed by atoms with Crippen molar-refractivity contribution in [2.45, 2.75) is 37.7 Å². The molecule has 1 N–H and O–H groups in total. The predicted molar refractivity (Wildman–Crippen MR) is 53.7 cm³/mol. The molecule has 1 unspecified atom stereocenters. The molecule has 0 radical (unpaired) electrons. The van der Waals surface area contributed by atoms with E-state index in [0.29, 0.717) is 19.6 Å². The van der Waals surface area contributed by atoms with Gasteiger partial charge in [-0.1, -0.05) is 0 Å². The summed E-state index contributed by atoms with van der Waals surface area (Å²) < 4.78 is 10.7. The molecule has 1 spiro atoms. The second-order valence-electron chi connectivity index (χ2n) is 4.58. The highest BCUT2D eigenvalue weighted by Crippen LogP contribution is 2.54. The minimum absolute atomic E-state index is 0.189. The van der Waals surface area contributed by atoms with Gasteiger partial charge in [-0.25, -0.2) is 4.79 Å². The summed E-state index contributed by atoms with van der Waals surface area (Å²) in [5.74, 6) is -0.801. The van der Waals surface area contributed by atoms with Crippen molar-refractivity contribution in [3.63, 3.8) is 0 Å². The third-order valence-corrected chi connectivity index (χ3v) is 4.18. The van der Waals surface area contributed by atoms with Crippen molar-refractivity contribution in [1.29, 1.82) is 0 Å². The van der Waals surface area contributed by atoms with Crippen LogP contribution >= 0.6 is 0 Å². The zero-order chi connectivity index (χ0) is 10.9. The maximum Gasteiger partial charge on any atom is 0.336 e. The number of hydrogen-bond acceptors (Lipinski definition) is 3. The first kappa shape index (κ1) is 10.9. The Balaban J connectivity index is 2.32. The number of aliphatic carboxylic acids is 1. The predicted octanol–water partition coefficient (Wildman–Crippen LogP) is 1.44. The first-order valence-corrected chi connectivity index (χ1v) is 5.53. The van der Waals surface area contributed by atoms with Gasteiger partial charge in [-0.3, -0.25) is 0 Å². The second-order valence-corrected chi connectivity index (χ2v) is 4.58. The molecule has 4 nitrogen and oxygen atoms in total. The number of carbonyl (C=O) groups is 1. The van der Waals surface area contributed by atoms with E-state index in [9.17, 15) is 9.90 Å². The molecular weight excluding hydrogens is 196 g/mol. The van der Waals surface area contributed by atoms with Crippen LogP contribution in [0, 0.1) is 5.41 Å². The van der Waals surface area contributed by atoms with Crippen LogP contribution in [-0.4, -0.2) is 37.0 Å². The lowest BCUT2D eigenvalue weighted by Crippen LogP contribution is -2.54. The molecule has 1 heterocycles. The van der Waals surface area contributed by atoms with Gasteiger partial charge >= 0.3 is 5.97 Å². The van der Waals surface area contributed by atoms with E-state index in [-0.39, 0.29) is 5.41 Å². The number of methoxy groups -OCH3 is 1. The smallest absolute Gasteiger partial charge is 0.336 e. The molecule has 86 valence electrons. The molecule has 0 amide bonds. The van der Waals surface area contributed by atoms with Crippen LogP contribution in [-0.2, 0) is 14.3 Å². The van der Waals surface area contributed by atoms with Gasteiger partial charge in [0.2, 0.25) is 0 Å². The number of rotatable bonds is 2. The molecule has 0 aromatic rings. The van der Waals surface area contributed by atoms with Gasteiger partial charge in [-0.2, -0.15) is 0 Å². The van der Waals surface area contributed by atoms with E-state index in [1.807, 2.05) is 0 Å². The molecule has 0 bridgehead atoms. The number of hydrogen-bond donors (Lipinski definition) is 1. The first-order chi connectivity index (χ1) is 7.17. The van der Waals surface area contributed by atoms with Crippen LogP contribution in [0.3, 0.4) is 0 Å². The highest BCUT2D eigenvalue weighted by molar-refractivity contribution is 5.79. The van der Waals surface area contributed by atoms with Crippen LogP contribution in [0.4, 0.5) is 0 Å². The zero-order valence-electron chi connectivity index (χ0n) is 9.12. The highest BCUT2D eigenvalue weighted by Gasteiger charge is 2.60. The Morgan fingerprint density at radius 2 is 1.93 bits per heavy atom. The van der Waals surface area contributed by atoms with Gasteiger partial charge in [0, 0.05) is 25.7 Å². The lowest BCUT2D eigenvalue weighted by atomic mass is 9.68. The van der Waals surface area contributed by atoms with Crippen molar-refractivity contribution in [2.24, 2.45) is 5.41 Å². The van der Waals surface area contributed by atoms with E-state index in [4.69, 9.17) is 9.47 Å². The fourth-order valence-electron chi connectivity index (χ4n) is 3.30. The minimum Gasteiger partial charge on any atom is -0.479 e. The van der Waals surface area contributed by atoms with Gasteiger partial charge < -0.3 is 14.6 Å². The summed E-state index contributed by atoms with van der Waals surface area (Å²) in [4.78, 5) is 11.5. The number of ether oxygens (including phenoxy) is 2. The molecule has 0 aromatic heterocycles. The standard InChI is InChI=1S/C11H18O4/c1-14-11(9(12)13)4-2-3-10(11)5-7-15-8-6-10/h2-8H2,1H3,(H,12,13). The van der Waals surface area contributed by atoms with Crippen LogP contribution in [0.15, 0.2) is 0 Å². The second kappa shape index (κ2) is 3.76. The molecule has 1 atom stereocenters. The summed E-state index contributed by atoms with van der Waals surface area (Å²) >= 11 is 0. The Bertz CT molecular complexity index is 257. The van der Waals surface area contributed by atoms with Crippen molar-refractivity contribution in [3.05, 3.63) is 0 Å². The molecule has 2 fully saturated rings. The van der Waals surface area contributed by atoms with E-state index in [1.54, 1.807) is 0 Å². The summed E-state index contributed by atoms with van der Waals surface area (Å²) in [7, 11) is 1.52. The number of carboxylic acids is 1. The van der Waals surface area contributed by atoms with E-state index in [1.165, 1.54) is 7.11 Å². The highest BCUT2D eigenvalue weighted by atomic mass is 16.5. The Morgan fingerprint density at radius 3 is 2.47 bits per heavy atom. The Hall–Kier alpha value is -0.610. The first-order valence-electron chi connectivity index (χ1n) is 5.53. The van der Waals surface area contributed by atoms with Crippen LogP contribution in [0.25, 0.3) is 0 Å². The quantitative estimate of drug-likeness (QED) is 0.755. The van der Waals surface area contributed by atoms with Crippen LogP contribution < -0.4 is 0 Å². The van der Waals surface area contributed by atoms with E-state index in [0.717, 1.165) is 25.7 Å². The molecule has 4 heteroatoms. The summed E-state index contributed by atoms with van der Waals surface area (Å²) in [5.41, 5.74) is -1.15. The van der Waals surface area contributed by atoms with Gasteiger partial charge in [0.05, 0.1) is 0 Å². The van der Waals surface area contributed by atoms with E-state index < -0.39 is 11.6 Å². The Morgan fingerprint density at radius 1 is 1.27 bits per heavy atom. The average Bonchev–Trinajstić information content (AvgIpc) is 2.59. The molecule has 1 aliphatic heterocycles. The van der Waals surface area contributed by atoms with Gasteiger partial charge in [0.1, 0.15) is 0 Å². The zero-order valence-corrected chi connectivity index (χ0v) is 9.12. The third-order valence-electron chi connectivity index (χ3n) is 4.18. The molecule has 0 aromatic carbocycles. The molecule has 1 saturated heterocycles. The largest absolute Gasteiger partial charge is 0.479 e. The van der Waals surface area contributed by atoms with Crippen molar-refractivity contribution in [2.75, 3.05) is 20.3 Å². The molecule has 2 aliphatic rings. The normalized spacial score (nSPS) is 34.5. The topological polar surface area (TPSA) is 55.8 Å². The van der Waals surface area contributed by atoms with Crippen LogP contribution in [0.1, 0.15) is 32.1 Å². The lowest BCUT2D eigenvalue weighted by molar-refractivity contribution is -0.186. The molecular formula is C11H18O4. The summed E-state index contributed by atoms with van der Waals surface area (Å²) in [5, 5.41) is 9.42. The number of carboxylic acid groups (broad SMARTS) is 1. The lowest BCUT2D eigenvalue weighted by Gasteiger charge is -2.44. The molecule has 1 aliphatic carbocycles. The molecule has 2 rings (SSSR count). The fraction of sp³-hybridized carbons (Fsp3) is 0.909. The average molecular weight is 214 g/mol. The van der Waals surface area contributed by atoms with E-state index >= 15 is 0 Å². The monoisotopic (exact) mass is 214 g/mol. The van der Waals surface area contributed by atoms with E-state index in [2.05, 4.69) is 0 Å². The maximum atomic E-state index is 11.5. The minimum atomic E-state index is -0.962. The maximum absolute atomic E-state index is 11.5. The molecule has 1 saturated carbocycles. The summed E-state index contributed by atoms with van der Waals surface area (Å²) in [6, 6.07) is 0. The Labute approximate surface area is 89.6 Å². The summed E-state index contributed by atoms with van der Waals surface area (Å²) in [6.45, 7) is 1.33. The SMILES string of the molecule is COC1(C(=O)O)CCCC12CCOCC2. The van der Waals surface area contributed by atoms with Gasteiger partial charge in [0.15, 0.2) is 5.60 Å².